The van der Waals surface area contributed by atoms with E-state index in [1.165, 1.54) is 24.7 Å². The third kappa shape index (κ3) is 5.95. The van der Waals surface area contributed by atoms with Crippen LogP contribution in [0.3, 0.4) is 0 Å². The van der Waals surface area contributed by atoms with Crippen molar-refractivity contribution in [2.45, 2.75) is 51.7 Å². The van der Waals surface area contributed by atoms with Crippen LogP contribution >= 0.6 is 0 Å². The molecule has 0 saturated carbocycles. The fourth-order valence-corrected chi connectivity index (χ4v) is 3.65. The molecule has 2 heterocycles. The van der Waals surface area contributed by atoms with Gasteiger partial charge in [0, 0.05) is 26.6 Å². The van der Waals surface area contributed by atoms with E-state index >= 15 is 0 Å². The third-order valence-corrected chi connectivity index (χ3v) is 5.19. The van der Waals surface area contributed by atoms with E-state index in [-0.39, 0.29) is 37.0 Å². The molecule has 2 saturated heterocycles. The number of rotatable bonds is 6. The van der Waals surface area contributed by atoms with Crippen molar-refractivity contribution >= 4 is 17.8 Å². The molecule has 26 heavy (non-hydrogen) atoms. The standard InChI is InChI=1S/C18H31N3O5/c1-14(19-7-5-3-4-6-8-19)18(25)20-9-10-26-16(11-20)12-21(15(2)22)13-17(23)24/h14,16H,3-13H2,1-2H3,(H,23,24). The molecule has 1 N–H and O–H groups in total. The first-order valence-corrected chi connectivity index (χ1v) is 9.50. The summed E-state index contributed by atoms with van der Waals surface area (Å²) < 4.78 is 5.67. The van der Waals surface area contributed by atoms with Gasteiger partial charge in [-0.15, -0.1) is 0 Å². The number of amides is 2. The van der Waals surface area contributed by atoms with E-state index in [4.69, 9.17) is 9.84 Å². The topological polar surface area (TPSA) is 90.4 Å². The highest BCUT2D eigenvalue weighted by atomic mass is 16.5. The summed E-state index contributed by atoms with van der Waals surface area (Å²) in [5.74, 6) is -1.27. The fraction of sp³-hybridized carbons (Fsp3) is 0.833. The minimum absolute atomic E-state index is 0.0906. The van der Waals surface area contributed by atoms with Gasteiger partial charge in [-0.2, -0.15) is 0 Å². The number of carboxylic acids is 1. The van der Waals surface area contributed by atoms with Crippen LogP contribution in [0.2, 0.25) is 0 Å². The summed E-state index contributed by atoms with van der Waals surface area (Å²) in [5.41, 5.74) is 0. The van der Waals surface area contributed by atoms with E-state index < -0.39 is 5.97 Å². The Bertz CT molecular complexity index is 505. The lowest BCUT2D eigenvalue weighted by molar-refractivity contribution is -0.149. The first-order valence-electron chi connectivity index (χ1n) is 9.50. The molecule has 148 valence electrons. The van der Waals surface area contributed by atoms with Crippen LogP contribution in [0.4, 0.5) is 0 Å². The number of carbonyl (C=O) groups excluding carboxylic acids is 2. The van der Waals surface area contributed by atoms with Crippen LogP contribution in [0, 0.1) is 0 Å². The van der Waals surface area contributed by atoms with Crippen molar-refractivity contribution in [3.63, 3.8) is 0 Å². The summed E-state index contributed by atoms with van der Waals surface area (Å²) >= 11 is 0. The fourth-order valence-electron chi connectivity index (χ4n) is 3.65. The smallest absolute Gasteiger partial charge is 0.323 e. The summed E-state index contributed by atoms with van der Waals surface area (Å²) in [5, 5.41) is 8.94. The van der Waals surface area contributed by atoms with Gasteiger partial charge in [-0.1, -0.05) is 12.8 Å². The normalized spacial score (nSPS) is 23.2. The summed E-state index contributed by atoms with van der Waals surface area (Å²) in [7, 11) is 0. The Morgan fingerprint density at radius 2 is 1.81 bits per heavy atom. The highest BCUT2D eigenvalue weighted by Crippen LogP contribution is 2.16. The molecular weight excluding hydrogens is 338 g/mol. The van der Waals surface area contributed by atoms with Crippen LogP contribution < -0.4 is 0 Å². The summed E-state index contributed by atoms with van der Waals surface area (Å²) in [4.78, 5) is 40.8. The highest BCUT2D eigenvalue weighted by molar-refractivity contribution is 5.82. The number of aliphatic carboxylic acids is 1. The second-order valence-electron chi connectivity index (χ2n) is 7.20. The lowest BCUT2D eigenvalue weighted by atomic mass is 10.2. The molecule has 2 unspecified atom stereocenters. The van der Waals surface area contributed by atoms with Crippen LogP contribution in [0.5, 0.6) is 0 Å². The van der Waals surface area contributed by atoms with Gasteiger partial charge in [0.15, 0.2) is 0 Å². The molecule has 2 atom stereocenters. The van der Waals surface area contributed by atoms with Crippen molar-refractivity contribution in [2.24, 2.45) is 0 Å². The first kappa shape index (κ1) is 20.6. The van der Waals surface area contributed by atoms with E-state index in [1.54, 1.807) is 4.90 Å². The Morgan fingerprint density at radius 1 is 1.15 bits per heavy atom. The molecule has 0 aromatic carbocycles. The number of likely N-dealkylation sites (tertiary alicyclic amines) is 1. The van der Waals surface area contributed by atoms with E-state index in [9.17, 15) is 14.4 Å². The molecule has 2 amide bonds. The molecule has 0 aromatic rings. The number of carboxylic acid groups (broad SMARTS) is 1. The molecule has 0 aliphatic carbocycles. The monoisotopic (exact) mass is 369 g/mol. The zero-order chi connectivity index (χ0) is 19.1. The Labute approximate surface area is 155 Å². The molecule has 2 aliphatic rings. The second-order valence-corrected chi connectivity index (χ2v) is 7.20. The number of hydrogen-bond donors (Lipinski definition) is 1. The average Bonchev–Trinajstić information content (AvgIpc) is 2.89. The van der Waals surface area contributed by atoms with Crippen LogP contribution in [0.25, 0.3) is 0 Å². The van der Waals surface area contributed by atoms with Gasteiger partial charge in [-0.05, 0) is 32.9 Å². The van der Waals surface area contributed by atoms with E-state index in [0.717, 1.165) is 25.9 Å². The molecule has 2 rings (SSSR count). The Morgan fingerprint density at radius 3 is 2.38 bits per heavy atom. The number of hydrogen-bond acceptors (Lipinski definition) is 5. The van der Waals surface area contributed by atoms with Gasteiger partial charge in [0.25, 0.3) is 0 Å². The van der Waals surface area contributed by atoms with Crippen LogP contribution in [0.1, 0.15) is 39.5 Å². The van der Waals surface area contributed by atoms with Crippen LogP contribution in [-0.2, 0) is 19.1 Å². The van der Waals surface area contributed by atoms with Crippen molar-refractivity contribution in [1.29, 1.82) is 0 Å². The predicted molar refractivity (Wildman–Crippen MR) is 95.7 cm³/mol. The van der Waals surface area contributed by atoms with Gasteiger partial charge >= 0.3 is 5.97 Å². The third-order valence-electron chi connectivity index (χ3n) is 5.19. The molecule has 0 radical (unpaired) electrons. The van der Waals surface area contributed by atoms with Crippen molar-refractivity contribution in [1.82, 2.24) is 14.7 Å². The highest BCUT2D eigenvalue weighted by Gasteiger charge is 2.31. The van der Waals surface area contributed by atoms with E-state index in [0.29, 0.717) is 19.7 Å². The minimum Gasteiger partial charge on any atom is -0.480 e. The molecule has 0 bridgehead atoms. The predicted octanol–water partition coefficient (Wildman–Crippen LogP) is 0.411. The van der Waals surface area contributed by atoms with Crippen molar-refractivity contribution < 1.29 is 24.2 Å². The number of carbonyl (C=O) groups is 3. The van der Waals surface area contributed by atoms with E-state index in [2.05, 4.69) is 4.90 Å². The lowest BCUT2D eigenvalue weighted by Crippen LogP contribution is -2.55. The molecule has 0 aromatic heterocycles. The largest absolute Gasteiger partial charge is 0.480 e. The Balaban J connectivity index is 1.92. The molecule has 8 heteroatoms. The molecule has 0 spiro atoms. The average molecular weight is 369 g/mol. The molecular formula is C18H31N3O5. The van der Waals surface area contributed by atoms with Gasteiger partial charge < -0.3 is 19.6 Å². The zero-order valence-corrected chi connectivity index (χ0v) is 15.9. The number of nitrogens with zero attached hydrogens (tertiary/aromatic N) is 3. The van der Waals surface area contributed by atoms with E-state index in [1.807, 2.05) is 6.92 Å². The number of morpholine rings is 1. The Hall–Kier alpha value is -1.67. The van der Waals surface area contributed by atoms with Crippen molar-refractivity contribution in [2.75, 3.05) is 45.9 Å². The van der Waals surface area contributed by atoms with Crippen molar-refractivity contribution in [3.05, 3.63) is 0 Å². The molecule has 8 nitrogen and oxygen atoms in total. The van der Waals surface area contributed by atoms with Gasteiger partial charge in [-0.3, -0.25) is 19.3 Å². The Kier molecular flexibility index (Phi) is 7.84. The van der Waals surface area contributed by atoms with Gasteiger partial charge in [-0.25, -0.2) is 0 Å². The maximum Gasteiger partial charge on any atom is 0.323 e. The maximum atomic E-state index is 12.9. The quantitative estimate of drug-likeness (QED) is 0.729. The molecule has 2 fully saturated rings. The first-order chi connectivity index (χ1) is 12.4. The maximum absolute atomic E-state index is 12.9. The summed E-state index contributed by atoms with van der Waals surface area (Å²) in [6.07, 6.45) is 4.36. The van der Waals surface area contributed by atoms with Gasteiger partial charge in [0.1, 0.15) is 6.54 Å². The van der Waals surface area contributed by atoms with Gasteiger partial charge in [0.2, 0.25) is 11.8 Å². The second kappa shape index (κ2) is 9.87. The molecule has 2 aliphatic heterocycles. The van der Waals surface area contributed by atoms with Crippen molar-refractivity contribution in [3.8, 4) is 0 Å². The zero-order valence-electron chi connectivity index (χ0n) is 15.9. The number of ether oxygens (including phenoxy) is 1. The lowest BCUT2D eigenvalue weighted by Gasteiger charge is -2.38. The summed E-state index contributed by atoms with van der Waals surface area (Å²) in [6.45, 7) is 6.38. The van der Waals surface area contributed by atoms with Gasteiger partial charge in [0.05, 0.1) is 18.8 Å². The minimum atomic E-state index is -1.06. The van der Waals surface area contributed by atoms with Crippen LogP contribution in [-0.4, -0.2) is 95.6 Å². The summed E-state index contributed by atoms with van der Waals surface area (Å²) in [6, 6.07) is -0.158. The van der Waals surface area contributed by atoms with Crippen LogP contribution in [0.15, 0.2) is 0 Å². The SMILES string of the molecule is CC(=O)N(CC(=O)O)CC1CN(C(=O)C(C)N2CCCCCC2)CCO1.